The molecular formula is C25H25N3O4S. The van der Waals surface area contributed by atoms with E-state index >= 15 is 0 Å². The standard InChI is InChI=1S/C25H25N3O4S/c1-15(2)16-5-8-18(9-6-16)27-22(29)12-28-14-26-24-23(25(28)30)19(13-33-24)17-7-10-20(31-3)21(11-17)32-4/h5-11,13-15H,12H2,1-4H3,(H,27,29). The van der Waals surface area contributed by atoms with Gasteiger partial charge in [0.1, 0.15) is 11.4 Å². The van der Waals surface area contributed by atoms with Crippen LogP contribution in [0.1, 0.15) is 25.3 Å². The molecule has 0 bridgehead atoms. The van der Waals surface area contributed by atoms with E-state index in [0.29, 0.717) is 33.3 Å². The van der Waals surface area contributed by atoms with Crippen LogP contribution in [0.3, 0.4) is 0 Å². The number of amides is 1. The molecule has 4 aromatic rings. The van der Waals surface area contributed by atoms with Crippen molar-refractivity contribution in [3.8, 4) is 22.6 Å². The molecule has 0 fully saturated rings. The van der Waals surface area contributed by atoms with Crippen molar-refractivity contribution >= 4 is 33.1 Å². The maximum Gasteiger partial charge on any atom is 0.263 e. The summed E-state index contributed by atoms with van der Waals surface area (Å²) in [6.45, 7) is 4.10. The lowest BCUT2D eigenvalue weighted by Gasteiger charge is -2.10. The Kier molecular flexibility index (Phi) is 6.46. The molecule has 0 saturated heterocycles. The highest BCUT2D eigenvalue weighted by Gasteiger charge is 2.16. The van der Waals surface area contributed by atoms with Crippen LogP contribution in [0.15, 0.2) is 59.0 Å². The number of aromatic nitrogens is 2. The normalized spacial score (nSPS) is 11.1. The topological polar surface area (TPSA) is 82.5 Å². The third kappa shape index (κ3) is 4.61. The number of benzene rings is 2. The highest BCUT2D eigenvalue weighted by molar-refractivity contribution is 7.17. The highest BCUT2D eigenvalue weighted by atomic mass is 32.1. The van der Waals surface area contributed by atoms with E-state index in [1.54, 1.807) is 20.3 Å². The molecule has 2 heterocycles. The molecule has 0 unspecified atom stereocenters. The molecule has 1 amide bonds. The average Bonchev–Trinajstić information content (AvgIpc) is 3.25. The van der Waals surface area contributed by atoms with Crippen LogP contribution < -0.4 is 20.3 Å². The number of hydrogen-bond donors (Lipinski definition) is 1. The lowest BCUT2D eigenvalue weighted by Crippen LogP contribution is -2.27. The Morgan fingerprint density at radius 1 is 1.09 bits per heavy atom. The summed E-state index contributed by atoms with van der Waals surface area (Å²) in [7, 11) is 3.14. The van der Waals surface area contributed by atoms with E-state index in [1.807, 2.05) is 41.8 Å². The number of fused-ring (bicyclic) bond motifs is 1. The predicted molar refractivity (Wildman–Crippen MR) is 132 cm³/mol. The van der Waals surface area contributed by atoms with E-state index in [9.17, 15) is 9.59 Å². The van der Waals surface area contributed by atoms with Gasteiger partial charge < -0.3 is 14.8 Å². The smallest absolute Gasteiger partial charge is 0.263 e. The summed E-state index contributed by atoms with van der Waals surface area (Å²) in [6.07, 6.45) is 1.42. The lowest BCUT2D eigenvalue weighted by atomic mass is 10.0. The first kappa shape index (κ1) is 22.5. The minimum atomic E-state index is -0.293. The molecule has 4 rings (SSSR count). The first-order valence-corrected chi connectivity index (χ1v) is 11.4. The summed E-state index contributed by atoms with van der Waals surface area (Å²) in [6, 6.07) is 13.2. The maximum absolute atomic E-state index is 13.3. The molecule has 33 heavy (non-hydrogen) atoms. The van der Waals surface area contributed by atoms with Crippen molar-refractivity contribution in [3.05, 3.63) is 70.1 Å². The second-order valence-electron chi connectivity index (χ2n) is 7.90. The quantitative estimate of drug-likeness (QED) is 0.421. The van der Waals surface area contributed by atoms with Gasteiger partial charge in [-0.05, 0) is 41.3 Å². The monoisotopic (exact) mass is 463 g/mol. The summed E-state index contributed by atoms with van der Waals surface area (Å²) in [5.74, 6) is 1.30. The van der Waals surface area contributed by atoms with Crippen molar-refractivity contribution in [1.82, 2.24) is 9.55 Å². The molecular weight excluding hydrogens is 438 g/mol. The van der Waals surface area contributed by atoms with Crippen LogP contribution in [0.4, 0.5) is 5.69 Å². The number of anilines is 1. The largest absolute Gasteiger partial charge is 0.493 e. The van der Waals surface area contributed by atoms with Gasteiger partial charge in [0.05, 0.1) is 25.9 Å². The van der Waals surface area contributed by atoms with Gasteiger partial charge in [-0.1, -0.05) is 32.0 Å². The van der Waals surface area contributed by atoms with Crippen molar-refractivity contribution in [2.24, 2.45) is 0 Å². The number of nitrogens with one attached hydrogen (secondary N) is 1. The molecule has 0 saturated carbocycles. The fourth-order valence-corrected chi connectivity index (χ4v) is 4.51. The van der Waals surface area contributed by atoms with Gasteiger partial charge in [0.25, 0.3) is 5.56 Å². The van der Waals surface area contributed by atoms with Crippen molar-refractivity contribution < 1.29 is 14.3 Å². The van der Waals surface area contributed by atoms with Crippen LogP contribution >= 0.6 is 11.3 Å². The van der Waals surface area contributed by atoms with Crippen molar-refractivity contribution in [2.75, 3.05) is 19.5 Å². The molecule has 7 nitrogen and oxygen atoms in total. The van der Waals surface area contributed by atoms with E-state index in [1.165, 1.54) is 27.8 Å². The number of carbonyl (C=O) groups excluding carboxylic acids is 1. The van der Waals surface area contributed by atoms with E-state index in [2.05, 4.69) is 24.1 Å². The summed E-state index contributed by atoms with van der Waals surface area (Å²) in [5, 5.41) is 5.21. The highest BCUT2D eigenvalue weighted by Crippen LogP contribution is 2.36. The lowest BCUT2D eigenvalue weighted by molar-refractivity contribution is -0.116. The Balaban J connectivity index is 1.62. The number of hydrogen-bond acceptors (Lipinski definition) is 6. The van der Waals surface area contributed by atoms with Gasteiger partial charge in [-0.25, -0.2) is 4.98 Å². The van der Waals surface area contributed by atoms with Crippen LogP contribution in [0.2, 0.25) is 0 Å². The van der Waals surface area contributed by atoms with Crippen LogP contribution in [0.25, 0.3) is 21.3 Å². The zero-order valence-electron chi connectivity index (χ0n) is 18.9. The first-order valence-electron chi connectivity index (χ1n) is 10.5. The number of ether oxygens (including phenoxy) is 2. The summed E-state index contributed by atoms with van der Waals surface area (Å²) in [5.41, 5.74) is 3.17. The number of rotatable bonds is 7. The summed E-state index contributed by atoms with van der Waals surface area (Å²) >= 11 is 1.38. The minimum Gasteiger partial charge on any atom is -0.493 e. The summed E-state index contributed by atoms with van der Waals surface area (Å²) < 4.78 is 12.0. The molecule has 0 radical (unpaired) electrons. The van der Waals surface area contributed by atoms with Gasteiger partial charge in [-0.2, -0.15) is 0 Å². The Labute approximate surface area is 195 Å². The molecule has 0 atom stereocenters. The molecule has 0 spiro atoms. The predicted octanol–water partition coefficient (Wildman–Crippen LogP) is 4.90. The zero-order valence-corrected chi connectivity index (χ0v) is 19.7. The van der Waals surface area contributed by atoms with E-state index in [0.717, 1.165) is 11.1 Å². The van der Waals surface area contributed by atoms with Gasteiger partial charge in [-0.3, -0.25) is 14.2 Å². The molecule has 2 aromatic heterocycles. The van der Waals surface area contributed by atoms with Crippen LogP contribution in [0.5, 0.6) is 11.5 Å². The van der Waals surface area contributed by atoms with Gasteiger partial charge >= 0.3 is 0 Å². The number of nitrogens with zero attached hydrogens (tertiary/aromatic N) is 2. The molecule has 170 valence electrons. The third-order valence-corrected chi connectivity index (χ3v) is 6.32. The summed E-state index contributed by atoms with van der Waals surface area (Å²) in [4.78, 5) is 30.9. The molecule has 0 aliphatic heterocycles. The molecule has 8 heteroatoms. The minimum absolute atomic E-state index is 0.130. The van der Waals surface area contributed by atoms with Gasteiger partial charge in [0.15, 0.2) is 11.5 Å². The van der Waals surface area contributed by atoms with Crippen molar-refractivity contribution in [3.63, 3.8) is 0 Å². The fraction of sp³-hybridized carbons (Fsp3) is 0.240. The van der Waals surface area contributed by atoms with E-state index in [4.69, 9.17) is 9.47 Å². The van der Waals surface area contributed by atoms with Gasteiger partial charge in [-0.15, -0.1) is 11.3 Å². The first-order chi connectivity index (χ1) is 15.9. The molecule has 0 aliphatic rings. The fourth-order valence-electron chi connectivity index (χ4n) is 3.60. The van der Waals surface area contributed by atoms with Crippen LogP contribution in [-0.4, -0.2) is 29.7 Å². The van der Waals surface area contributed by atoms with E-state index < -0.39 is 0 Å². The second kappa shape index (κ2) is 9.46. The van der Waals surface area contributed by atoms with Gasteiger partial charge in [0, 0.05) is 16.6 Å². The molecule has 0 aliphatic carbocycles. The third-order valence-electron chi connectivity index (χ3n) is 5.43. The number of thiophene rings is 1. The second-order valence-corrected chi connectivity index (χ2v) is 8.76. The maximum atomic E-state index is 13.3. The van der Waals surface area contributed by atoms with Crippen molar-refractivity contribution in [2.45, 2.75) is 26.3 Å². The molecule has 1 N–H and O–H groups in total. The van der Waals surface area contributed by atoms with Crippen LogP contribution in [0, 0.1) is 0 Å². The number of methoxy groups -OCH3 is 2. The Morgan fingerprint density at radius 2 is 1.82 bits per heavy atom. The Hall–Kier alpha value is -3.65. The average molecular weight is 464 g/mol. The number of carbonyl (C=O) groups is 1. The SMILES string of the molecule is COc1ccc(-c2csc3ncn(CC(=O)Nc4ccc(C(C)C)cc4)c(=O)c23)cc1OC. The Morgan fingerprint density at radius 3 is 2.48 bits per heavy atom. The molecule has 2 aromatic carbocycles. The van der Waals surface area contributed by atoms with Crippen LogP contribution in [-0.2, 0) is 11.3 Å². The van der Waals surface area contributed by atoms with Crippen molar-refractivity contribution in [1.29, 1.82) is 0 Å². The zero-order chi connectivity index (χ0) is 23.5. The van der Waals surface area contributed by atoms with E-state index in [-0.39, 0.29) is 18.0 Å². The van der Waals surface area contributed by atoms with Gasteiger partial charge in [0.2, 0.25) is 5.91 Å². The Bertz CT molecular complexity index is 1360.